The Hall–Kier alpha value is -0.420. The summed E-state index contributed by atoms with van der Waals surface area (Å²) < 4.78 is 0.507. The molecule has 3 aliphatic rings. The number of aliphatic imine (C=N–C) groups is 1. The first-order chi connectivity index (χ1) is 12.1. The SMILES string of the molecule is CN=C(NCC1CCCN(C(C)C)C1)N1CCSC2(CCCCC2)C1. The molecule has 0 amide bonds. The van der Waals surface area contributed by atoms with Crippen molar-refractivity contribution in [2.75, 3.05) is 45.5 Å². The Morgan fingerprint density at radius 2 is 2.00 bits per heavy atom. The van der Waals surface area contributed by atoms with Gasteiger partial charge in [-0.05, 0) is 52.0 Å². The van der Waals surface area contributed by atoms with E-state index in [0.717, 1.165) is 25.0 Å². The molecular formula is C20H38N4S. The summed E-state index contributed by atoms with van der Waals surface area (Å²) in [5.41, 5.74) is 0. The zero-order valence-electron chi connectivity index (χ0n) is 16.6. The predicted octanol–water partition coefficient (Wildman–Crippen LogP) is 3.43. The van der Waals surface area contributed by atoms with Gasteiger partial charge in [0, 0.05) is 49.8 Å². The summed E-state index contributed by atoms with van der Waals surface area (Å²) in [6.07, 6.45) is 9.76. The van der Waals surface area contributed by atoms with Gasteiger partial charge in [0.2, 0.25) is 0 Å². The molecule has 144 valence electrons. The smallest absolute Gasteiger partial charge is 0.193 e. The molecule has 2 heterocycles. The van der Waals surface area contributed by atoms with Gasteiger partial charge in [-0.1, -0.05) is 19.3 Å². The predicted molar refractivity (Wildman–Crippen MR) is 111 cm³/mol. The lowest BCUT2D eigenvalue weighted by Crippen LogP contribution is -2.54. The lowest BCUT2D eigenvalue weighted by Gasteiger charge is -2.45. The van der Waals surface area contributed by atoms with Crippen LogP contribution in [0.3, 0.4) is 0 Å². The third-order valence-electron chi connectivity index (χ3n) is 6.35. The van der Waals surface area contributed by atoms with Crippen molar-refractivity contribution in [3.63, 3.8) is 0 Å². The van der Waals surface area contributed by atoms with Crippen molar-refractivity contribution < 1.29 is 0 Å². The van der Waals surface area contributed by atoms with Gasteiger partial charge in [-0.3, -0.25) is 4.99 Å². The molecule has 25 heavy (non-hydrogen) atoms. The van der Waals surface area contributed by atoms with Crippen LogP contribution in [-0.4, -0.2) is 72.1 Å². The molecule has 1 aliphatic carbocycles. The fourth-order valence-electron chi connectivity index (χ4n) is 4.83. The molecule has 2 aliphatic heterocycles. The molecule has 0 aromatic rings. The third-order valence-corrected chi connectivity index (χ3v) is 7.89. The molecular weight excluding hydrogens is 328 g/mol. The Labute approximate surface area is 159 Å². The monoisotopic (exact) mass is 366 g/mol. The van der Waals surface area contributed by atoms with Crippen molar-refractivity contribution in [2.24, 2.45) is 10.9 Å². The van der Waals surface area contributed by atoms with Crippen molar-refractivity contribution in [3.05, 3.63) is 0 Å². The lowest BCUT2D eigenvalue weighted by molar-refractivity contribution is 0.140. The molecule has 0 radical (unpaired) electrons. The van der Waals surface area contributed by atoms with Crippen LogP contribution >= 0.6 is 11.8 Å². The normalized spacial score (nSPS) is 28.6. The number of likely N-dealkylation sites (tertiary alicyclic amines) is 1. The van der Waals surface area contributed by atoms with Gasteiger partial charge in [0.25, 0.3) is 0 Å². The Morgan fingerprint density at radius 3 is 2.72 bits per heavy atom. The van der Waals surface area contributed by atoms with Crippen molar-refractivity contribution >= 4 is 17.7 Å². The molecule has 0 aromatic carbocycles. The number of hydrogen-bond donors (Lipinski definition) is 1. The van der Waals surface area contributed by atoms with E-state index in [0.29, 0.717) is 10.8 Å². The van der Waals surface area contributed by atoms with Crippen LogP contribution in [0.15, 0.2) is 4.99 Å². The zero-order chi connectivity index (χ0) is 17.7. The van der Waals surface area contributed by atoms with E-state index in [4.69, 9.17) is 0 Å². The average Bonchev–Trinajstić information content (AvgIpc) is 2.63. The van der Waals surface area contributed by atoms with E-state index >= 15 is 0 Å². The Bertz CT molecular complexity index is 439. The highest BCUT2D eigenvalue weighted by molar-refractivity contribution is 8.00. The van der Waals surface area contributed by atoms with Crippen LogP contribution in [-0.2, 0) is 0 Å². The van der Waals surface area contributed by atoms with Crippen molar-refractivity contribution in [1.29, 1.82) is 0 Å². The minimum Gasteiger partial charge on any atom is -0.356 e. The van der Waals surface area contributed by atoms with Gasteiger partial charge in [0.15, 0.2) is 5.96 Å². The fraction of sp³-hybridized carbons (Fsp3) is 0.950. The maximum atomic E-state index is 4.64. The second-order valence-electron chi connectivity index (χ2n) is 8.54. The van der Waals surface area contributed by atoms with Crippen molar-refractivity contribution in [2.45, 2.75) is 69.6 Å². The van der Waals surface area contributed by atoms with Gasteiger partial charge in [-0.15, -0.1) is 0 Å². The van der Waals surface area contributed by atoms with Crippen molar-refractivity contribution in [1.82, 2.24) is 15.1 Å². The number of rotatable bonds is 3. The Kier molecular flexibility index (Phi) is 6.95. The minimum atomic E-state index is 0.507. The van der Waals surface area contributed by atoms with Gasteiger partial charge in [0.1, 0.15) is 0 Å². The number of thioether (sulfide) groups is 1. The zero-order valence-corrected chi connectivity index (χ0v) is 17.4. The Morgan fingerprint density at radius 1 is 1.20 bits per heavy atom. The number of piperidine rings is 1. The number of hydrogen-bond acceptors (Lipinski definition) is 3. The average molecular weight is 367 g/mol. The van der Waals surface area contributed by atoms with Gasteiger partial charge in [-0.25, -0.2) is 0 Å². The van der Waals surface area contributed by atoms with Crippen LogP contribution in [0.25, 0.3) is 0 Å². The standard InChI is InChI=1S/C20H38N4S/c1-17(2)23-11-7-8-18(15-23)14-22-19(21-3)24-12-13-25-20(16-24)9-5-4-6-10-20/h17-18H,4-16H2,1-3H3,(H,21,22). The third kappa shape index (κ3) is 5.06. The summed E-state index contributed by atoms with van der Waals surface area (Å²) >= 11 is 2.24. The molecule has 4 nitrogen and oxygen atoms in total. The van der Waals surface area contributed by atoms with E-state index in [1.54, 1.807) is 0 Å². The van der Waals surface area contributed by atoms with E-state index in [2.05, 4.69) is 45.7 Å². The molecule has 1 N–H and O–H groups in total. The molecule has 1 atom stereocenters. The van der Waals surface area contributed by atoms with E-state index in [1.807, 2.05) is 7.05 Å². The first-order valence-electron chi connectivity index (χ1n) is 10.5. The summed E-state index contributed by atoms with van der Waals surface area (Å²) in [5.74, 6) is 3.16. The van der Waals surface area contributed by atoms with Crippen molar-refractivity contribution in [3.8, 4) is 0 Å². The highest BCUT2D eigenvalue weighted by Crippen LogP contribution is 2.42. The maximum absolute atomic E-state index is 4.64. The van der Waals surface area contributed by atoms with Crippen LogP contribution in [0.1, 0.15) is 58.8 Å². The molecule has 1 unspecified atom stereocenters. The minimum absolute atomic E-state index is 0.507. The summed E-state index contributed by atoms with van der Waals surface area (Å²) in [5, 5.41) is 3.73. The lowest BCUT2D eigenvalue weighted by atomic mass is 9.87. The Balaban J connectivity index is 1.52. The molecule has 5 heteroatoms. The highest BCUT2D eigenvalue weighted by Gasteiger charge is 2.38. The molecule has 1 spiro atoms. The quantitative estimate of drug-likeness (QED) is 0.612. The number of nitrogens with one attached hydrogen (secondary N) is 1. The summed E-state index contributed by atoms with van der Waals surface area (Å²) in [6.45, 7) is 10.6. The summed E-state index contributed by atoms with van der Waals surface area (Å²) in [4.78, 5) is 9.82. The first-order valence-corrected chi connectivity index (χ1v) is 11.4. The van der Waals surface area contributed by atoms with E-state index in [9.17, 15) is 0 Å². The summed E-state index contributed by atoms with van der Waals surface area (Å²) in [6, 6.07) is 0.674. The van der Waals surface area contributed by atoms with E-state index in [1.165, 1.54) is 70.3 Å². The molecule has 2 saturated heterocycles. The number of guanidine groups is 1. The van der Waals surface area contributed by atoms with Gasteiger partial charge in [0.05, 0.1) is 0 Å². The molecule has 1 saturated carbocycles. The second kappa shape index (κ2) is 8.98. The van der Waals surface area contributed by atoms with Gasteiger partial charge >= 0.3 is 0 Å². The van der Waals surface area contributed by atoms with E-state index < -0.39 is 0 Å². The molecule has 3 fully saturated rings. The van der Waals surface area contributed by atoms with Crippen LogP contribution in [0.5, 0.6) is 0 Å². The number of nitrogens with zero attached hydrogens (tertiary/aromatic N) is 3. The molecule has 0 bridgehead atoms. The molecule has 3 rings (SSSR count). The second-order valence-corrected chi connectivity index (χ2v) is 10.1. The van der Waals surface area contributed by atoms with Gasteiger partial charge < -0.3 is 15.1 Å². The van der Waals surface area contributed by atoms with Crippen LogP contribution in [0.2, 0.25) is 0 Å². The summed E-state index contributed by atoms with van der Waals surface area (Å²) in [7, 11) is 1.96. The van der Waals surface area contributed by atoms with E-state index in [-0.39, 0.29) is 0 Å². The van der Waals surface area contributed by atoms with Crippen LogP contribution in [0.4, 0.5) is 0 Å². The highest BCUT2D eigenvalue weighted by atomic mass is 32.2. The largest absolute Gasteiger partial charge is 0.356 e. The van der Waals surface area contributed by atoms with Crippen LogP contribution in [0, 0.1) is 5.92 Å². The topological polar surface area (TPSA) is 30.9 Å². The fourth-order valence-corrected chi connectivity index (χ4v) is 6.39. The van der Waals surface area contributed by atoms with Crippen LogP contribution < -0.4 is 5.32 Å². The first kappa shape index (κ1) is 19.3. The maximum Gasteiger partial charge on any atom is 0.193 e. The van der Waals surface area contributed by atoms with Gasteiger partial charge in [-0.2, -0.15) is 11.8 Å². The molecule has 0 aromatic heterocycles.